The van der Waals surface area contributed by atoms with E-state index in [0.29, 0.717) is 6.61 Å². The molecule has 5 heteroatoms. The molecule has 1 aromatic heterocycles. The van der Waals surface area contributed by atoms with Crippen LogP contribution in [0.1, 0.15) is 24.1 Å². The van der Waals surface area contributed by atoms with E-state index in [2.05, 4.69) is 14.9 Å². The third kappa shape index (κ3) is 2.12. The molecule has 5 nitrogen and oxygen atoms in total. The number of fused-ring (bicyclic) bond motifs is 1. The van der Waals surface area contributed by atoms with Crippen LogP contribution in [0.15, 0.2) is 6.33 Å². The normalized spacial score (nSPS) is 24.5. The van der Waals surface area contributed by atoms with Crippen LogP contribution >= 0.6 is 0 Å². The van der Waals surface area contributed by atoms with Gasteiger partial charge in [-0.05, 0) is 12.8 Å². The van der Waals surface area contributed by atoms with Crippen LogP contribution in [0.4, 0.5) is 5.82 Å². The summed E-state index contributed by atoms with van der Waals surface area (Å²) in [6, 6.07) is 0.263. The number of nitrogens with zero attached hydrogens (tertiary/aromatic N) is 3. The maximum absolute atomic E-state index is 6.02. The van der Waals surface area contributed by atoms with Crippen molar-refractivity contribution in [3.05, 3.63) is 17.6 Å². The third-order valence-electron chi connectivity index (χ3n) is 3.50. The molecule has 3 rings (SSSR count). The lowest BCUT2D eigenvalue weighted by Gasteiger charge is -2.33. The summed E-state index contributed by atoms with van der Waals surface area (Å²) in [6.07, 6.45) is 4.81. The lowest BCUT2D eigenvalue weighted by atomic mass is 10.0. The molecule has 1 unspecified atom stereocenters. The van der Waals surface area contributed by atoms with Gasteiger partial charge in [-0.2, -0.15) is 0 Å². The fraction of sp³-hybridized carbons (Fsp3) is 0.667. The van der Waals surface area contributed by atoms with Crippen LogP contribution in [0.25, 0.3) is 0 Å². The average molecular weight is 234 g/mol. The Morgan fingerprint density at radius 3 is 3.24 bits per heavy atom. The second-order valence-electron chi connectivity index (χ2n) is 4.77. The fourth-order valence-corrected chi connectivity index (χ4v) is 2.62. The minimum Gasteiger partial charge on any atom is -0.376 e. The smallest absolute Gasteiger partial charge is 0.137 e. The van der Waals surface area contributed by atoms with E-state index in [-0.39, 0.29) is 6.04 Å². The first-order valence-electron chi connectivity index (χ1n) is 6.25. The molecule has 3 heterocycles. The SMILES string of the molecule is NC1CCCN(c2ncnc3c2COCC3)C1. The molecule has 0 bridgehead atoms. The summed E-state index contributed by atoms with van der Waals surface area (Å²) in [7, 11) is 0. The molecule has 1 atom stereocenters. The highest BCUT2D eigenvalue weighted by molar-refractivity contribution is 5.49. The molecule has 1 fully saturated rings. The van der Waals surface area contributed by atoms with Crippen LogP contribution in [0.3, 0.4) is 0 Å². The number of aromatic nitrogens is 2. The topological polar surface area (TPSA) is 64.3 Å². The highest BCUT2D eigenvalue weighted by Gasteiger charge is 2.23. The van der Waals surface area contributed by atoms with Gasteiger partial charge in [-0.1, -0.05) is 0 Å². The van der Waals surface area contributed by atoms with Crippen molar-refractivity contribution in [2.24, 2.45) is 5.73 Å². The van der Waals surface area contributed by atoms with Crippen molar-refractivity contribution < 1.29 is 4.74 Å². The molecule has 2 aliphatic rings. The first-order valence-corrected chi connectivity index (χ1v) is 6.25. The zero-order chi connectivity index (χ0) is 11.7. The number of rotatable bonds is 1. The van der Waals surface area contributed by atoms with Gasteiger partial charge in [0.05, 0.1) is 18.9 Å². The summed E-state index contributed by atoms with van der Waals surface area (Å²) < 4.78 is 5.52. The van der Waals surface area contributed by atoms with E-state index in [1.54, 1.807) is 6.33 Å². The van der Waals surface area contributed by atoms with E-state index in [0.717, 1.165) is 56.0 Å². The van der Waals surface area contributed by atoms with Crippen LogP contribution in [-0.4, -0.2) is 35.7 Å². The largest absolute Gasteiger partial charge is 0.376 e. The minimum atomic E-state index is 0.263. The standard InChI is InChI=1S/C12H18N4O/c13-9-2-1-4-16(6-9)12-10-7-17-5-3-11(10)14-8-15-12/h8-9H,1-7,13H2. The van der Waals surface area contributed by atoms with Crippen molar-refractivity contribution >= 4 is 5.82 Å². The Balaban J connectivity index is 1.91. The van der Waals surface area contributed by atoms with Gasteiger partial charge in [0.1, 0.15) is 12.1 Å². The summed E-state index contributed by atoms with van der Waals surface area (Å²) in [4.78, 5) is 11.1. The molecule has 2 N–H and O–H groups in total. The van der Waals surface area contributed by atoms with Crippen LogP contribution in [-0.2, 0) is 17.8 Å². The molecule has 0 saturated carbocycles. The Morgan fingerprint density at radius 2 is 2.35 bits per heavy atom. The Kier molecular flexibility index (Phi) is 2.94. The van der Waals surface area contributed by atoms with Gasteiger partial charge < -0.3 is 15.4 Å². The van der Waals surface area contributed by atoms with Crippen LogP contribution in [0.5, 0.6) is 0 Å². The minimum absolute atomic E-state index is 0.263. The van der Waals surface area contributed by atoms with Crippen LogP contribution in [0, 0.1) is 0 Å². The van der Waals surface area contributed by atoms with Gasteiger partial charge in [0, 0.05) is 31.1 Å². The summed E-state index contributed by atoms with van der Waals surface area (Å²) in [5, 5.41) is 0. The van der Waals surface area contributed by atoms with E-state index in [4.69, 9.17) is 10.5 Å². The van der Waals surface area contributed by atoms with E-state index in [1.807, 2.05) is 0 Å². The molecule has 1 aromatic rings. The first-order chi connectivity index (χ1) is 8.34. The number of hydrogen-bond donors (Lipinski definition) is 1. The quantitative estimate of drug-likeness (QED) is 0.765. The van der Waals surface area contributed by atoms with Gasteiger partial charge in [-0.25, -0.2) is 9.97 Å². The average Bonchev–Trinajstić information content (AvgIpc) is 2.38. The third-order valence-corrected chi connectivity index (χ3v) is 3.50. The zero-order valence-electron chi connectivity index (χ0n) is 9.93. The van der Waals surface area contributed by atoms with Crippen molar-refractivity contribution in [2.45, 2.75) is 31.9 Å². The molecular weight excluding hydrogens is 216 g/mol. The van der Waals surface area contributed by atoms with Gasteiger partial charge in [0.15, 0.2) is 0 Å². The van der Waals surface area contributed by atoms with Crippen LogP contribution < -0.4 is 10.6 Å². The predicted octanol–water partition coefficient (Wildman–Crippen LogP) is 0.477. The van der Waals surface area contributed by atoms with Gasteiger partial charge in [0.25, 0.3) is 0 Å². The van der Waals surface area contributed by atoms with Gasteiger partial charge in [-0.3, -0.25) is 0 Å². The maximum Gasteiger partial charge on any atom is 0.137 e. The van der Waals surface area contributed by atoms with Crippen molar-refractivity contribution in [1.82, 2.24) is 9.97 Å². The summed E-state index contributed by atoms with van der Waals surface area (Å²) >= 11 is 0. The molecule has 0 spiro atoms. The molecule has 92 valence electrons. The fourth-order valence-electron chi connectivity index (χ4n) is 2.62. The Hall–Kier alpha value is -1.20. The molecule has 0 radical (unpaired) electrons. The van der Waals surface area contributed by atoms with Crippen molar-refractivity contribution in [1.29, 1.82) is 0 Å². The highest BCUT2D eigenvalue weighted by atomic mass is 16.5. The van der Waals surface area contributed by atoms with Gasteiger partial charge in [-0.15, -0.1) is 0 Å². The van der Waals surface area contributed by atoms with Gasteiger partial charge in [0.2, 0.25) is 0 Å². The second kappa shape index (κ2) is 4.58. The van der Waals surface area contributed by atoms with E-state index in [9.17, 15) is 0 Å². The van der Waals surface area contributed by atoms with Crippen molar-refractivity contribution in [3.63, 3.8) is 0 Å². The van der Waals surface area contributed by atoms with E-state index >= 15 is 0 Å². The molecule has 0 amide bonds. The molecule has 0 aliphatic carbocycles. The molecule has 2 aliphatic heterocycles. The maximum atomic E-state index is 6.02. The van der Waals surface area contributed by atoms with E-state index in [1.165, 1.54) is 0 Å². The van der Waals surface area contributed by atoms with E-state index < -0.39 is 0 Å². The zero-order valence-corrected chi connectivity index (χ0v) is 9.93. The lowest BCUT2D eigenvalue weighted by molar-refractivity contribution is 0.109. The lowest BCUT2D eigenvalue weighted by Crippen LogP contribution is -2.43. The Labute approximate surface area is 101 Å². The number of hydrogen-bond acceptors (Lipinski definition) is 5. The van der Waals surface area contributed by atoms with Gasteiger partial charge >= 0.3 is 0 Å². The predicted molar refractivity (Wildman–Crippen MR) is 64.8 cm³/mol. The number of ether oxygens (including phenoxy) is 1. The summed E-state index contributed by atoms with van der Waals surface area (Å²) in [6.45, 7) is 3.33. The number of nitrogens with two attached hydrogens (primary N) is 1. The monoisotopic (exact) mass is 234 g/mol. The molecule has 0 aromatic carbocycles. The summed E-state index contributed by atoms with van der Waals surface area (Å²) in [5.74, 6) is 1.03. The second-order valence-corrected chi connectivity index (χ2v) is 4.77. The highest BCUT2D eigenvalue weighted by Crippen LogP contribution is 2.26. The summed E-state index contributed by atoms with van der Waals surface area (Å²) in [5.41, 5.74) is 8.32. The first kappa shape index (κ1) is 10.9. The Bertz CT molecular complexity index is 409. The van der Waals surface area contributed by atoms with Crippen molar-refractivity contribution in [2.75, 3.05) is 24.6 Å². The van der Waals surface area contributed by atoms with Crippen LogP contribution in [0.2, 0.25) is 0 Å². The molecule has 1 saturated heterocycles. The Morgan fingerprint density at radius 1 is 1.41 bits per heavy atom. The number of piperidine rings is 1. The van der Waals surface area contributed by atoms with Crippen molar-refractivity contribution in [3.8, 4) is 0 Å². The molecule has 17 heavy (non-hydrogen) atoms. The number of anilines is 1. The molecular formula is C12H18N4O.